The summed E-state index contributed by atoms with van der Waals surface area (Å²) in [7, 11) is 1.59. The van der Waals surface area contributed by atoms with Gasteiger partial charge >= 0.3 is 11.8 Å². The van der Waals surface area contributed by atoms with E-state index in [9.17, 15) is 9.59 Å². The summed E-state index contributed by atoms with van der Waals surface area (Å²) in [6, 6.07) is 7.42. The highest BCUT2D eigenvalue weighted by Crippen LogP contribution is 2.18. The second kappa shape index (κ2) is 9.78. The van der Waals surface area contributed by atoms with E-state index >= 15 is 0 Å². The summed E-state index contributed by atoms with van der Waals surface area (Å²) in [5.41, 5.74) is 0.830. The minimum Gasteiger partial charge on any atom is -0.491 e. The van der Waals surface area contributed by atoms with E-state index in [1.54, 1.807) is 7.11 Å². The van der Waals surface area contributed by atoms with Gasteiger partial charge in [0, 0.05) is 32.4 Å². The van der Waals surface area contributed by atoms with Crippen LogP contribution < -0.4 is 15.4 Å². The van der Waals surface area contributed by atoms with E-state index in [2.05, 4.69) is 10.6 Å². The lowest BCUT2D eigenvalue weighted by atomic mass is 10.2. The van der Waals surface area contributed by atoms with Crippen molar-refractivity contribution in [2.45, 2.75) is 32.9 Å². The third-order valence-corrected chi connectivity index (χ3v) is 2.79. The molecule has 2 amide bonds. The molecule has 6 heteroatoms. The Hall–Kier alpha value is -2.08. The predicted octanol–water partition coefficient (Wildman–Crippen LogP) is 1.24. The number of rotatable bonds is 8. The highest BCUT2D eigenvalue weighted by Gasteiger charge is 2.13. The number of methoxy groups -OCH3 is 1. The van der Waals surface area contributed by atoms with Crippen LogP contribution in [0, 0.1) is 0 Å². The molecule has 1 aromatic carbocycles. The van der Waals surface area contributed by atoms with Gasteiger partial charge < -0.3 is 20.1 Å². The van der Waals surface area contributed by atoms with Crippen molar-refractivity contribution in [2.75, 3.05) is 20.3 Å². The maximum atomic E-state index is 11.7. The molecule has 1 rings (SSSR count). The number of benzene rings is 1. The molecule has 0 aliphatic rings. The second-order valence-electron chi connectivity index (χ2n) is 5.06. The Morgan fingerprint density at radius 2 is 1.82 bits per heavy atom. The van der Waals surface area contributed by atoms with Gasteiger partial charge in [-0.15, -0.1) is 0 Å². The van der Waals surface area contributed by atoms with Crippen LogP contribution in [-0.4, -0.2) is 38.2 Å². The summed E-state index contributed by atoms with van der Waals surface area (Å²) in [6.07, 6.45) is 0.710. The zero-order chi connectivity index (χ0) is 16.4. The zero-order valence-electron chi connectivity index (χ0n) is 13.3. The van der Waals surface area contributed by atoms with Gasteiger partial charge in [-0.2, -0.15) is 0 Å². The number of ether oxygens (including phenoxy) is 2. The Kier molecular flexibility index (Phi) is 7.99. The van der Waals surface area contributed by atoms with Crippen LogP contribution in [0.2, 0.25) is 0 Å². The predicted molar refractivity (Wildman–Crippen MR) is 83.6 cm³/mol. The fourth-order valence-corrected chi connectivity index (χ4v) is 1.77. The van der Waals surface area contributed by atoms with Crippen molar-refractivity contribution in [3.05, 3.63) is 29.8 Å². The Morgan fingerprint density at radius 1 is 1.14 bits per heavy atom. The van der Waals surface area contributed by atoms with Crippen LogP contribution >= 0.6 is 0 Å². The van der Waals surface area contributed by atoms with Crippen molar-refractivity contribution >= 4 is 11.8 Å². The molecule has 0 aromatic heterocycles. The van der Waals surface area contributed by atoms with Gasteiger partial charge in [0.1, 0.15) is 5.75 Å². The molecule has 0 aliphatic carbocycles. The number of carbonyl (C=O) groups excluding carboxylic acids is 2. The molecule has 0 radical (unpaired) electrons. The van der Waals surface area contributed by atoms with Crippen LogP contribution in [0.15, 0.2) is 24.3 Å². The zero-order valence-corrected chi connectivity index (χ0v) is 13.3. The van der Waals surface area contributed by atoms with E-state index in [1.807, 2.05) is 38.1 Å². The third kappa shape index (κ3) is 6.58. The molecule has 0 bridgehead atoms. The SMILES string of the molecule is COCCCNC(=O)C(=O)NCc1ccccc1OC(C)C. The highest BCUT2D eigenvalue weighted by molar-refractivity contribution is 6.35. The Balaban J connectivity index is 2.45. The van der Waals surface area contributed by atoms with Crippen LogP contribution in [0.25, 0.3) is 0 Å². The quantitative estimate of drug-likeness (QED) is 0.559. The molecular formula is C16H24N2O4. The molecule has 0 unspecified atom stereocenters. The average Bonchev–Trinajstić information content (AvgIpc) is 2.49. The van der Waals surface area contributed by atoms with E-state index < -0.39 is 11.8 Å². The molecule has 0 saturated heterocycles. The van der Waals surface area contributed by atoms with Gasteiger partial charge in [-0.25, -0.2) is 0 Å². The summed E-state index contributed by atoms with van der Waals surface area (Å²) >= 11 is 0. The average molecular weight is 308 g/mol. The lowest BCUT2D eigenvalue weighted by molar-refractivity contribution is -0.139. The minimum atomic E-state index is -0.656. The van der Waals surface area contributed by atoms with Crippen LogP contribution in [0.4, 0.5) is 0 Å². The van der Waals surface area contributed by atoms with Crippen LogP contribution in [0.3, 0.4) is 0 Å². The van der Waals surface area contributed by atoms with Crippen LogP contribution in [-0.2, 0) is 20.9 Å². The first kappa shape index (κ1) is 18.0. The molecule has 2 N–H and O–H groups in total. The lowest BCUT2D eigenvalue weighted by Gasteiger charge is -2.14. The number of hydrogen-bond acceptors (Lipinski definition) is 4. The summed E-state index contributed by atoms with van der Waals surface area (Å²) in [5.74, 6) is -0.589. The Morgan fingerprint density at radius 3 is 2.50 bits per heavy atom. The van der Waals surface area contributed by atoms with Gasteiger partial charge in [0.25, 0.3) is 0 Å². The van der Waals surface area contributed by atoms with Crippen LogP contribution in [0.5, 0.6) is 5.75 Å². The summed E-state index contributed by atoms with van der Waals surface area (Å²) in [6.45, 7) is 5.06. The number of amides is 2. The fourth-order valence-electron chi connectivity index (χ4n) is 1.77. The Labute approximate surface area is 131 Å². The standard InChI is InChI=1S/C16H24N2O4/c1-12(2)22-14-8-5-4-7-13(14)11-18-16(20)15(19)17-9-6-10-21-3/h4-5,7-8,12H,6,9-11H2,1-3H3,(H,17,19)(H,18,20). The molecule has 122 valence electrons. The Bertz CT molecular complexity index is 489. The van der Waals surface area contributed by atoms with Gasteiger partial charge in [0.15, 0.2) is 0 Å². The molecule has 0 aliphatic heterocycles. The molecule has 6 nitrogen and oxygen atoms in total. The molecule has 0 heterocycles. The molecule has 0 spiro atoms. The first-order valence-electron chi connectivity index (χ1n) is 7.34. The van der Waals surface area contributed by atoms with E-state index in [-0.39, 0.29) is 12.6 Å². The number of hydrogen-bond donors (Lipinski definition) is 2. The largest absolute Gasteiger partial charge is 0.491 e. The summed E-state index contributed by atoms with van der Waals surface area (Å²) in [5, 5.41) is 5.13. The second-order valence-corrected chi connectivity index (χ2v) is 5.06. The number of para-hydroxylation sites is 1. The fraction of sp³-hybridized carbons (Fsp3) is 0.500. The van der Waals surface area contributed by atoms with Crippen LogP contribution in [0.1, 0.15) is 25.8 Å². The number of nitrogens with one attached hydrogen (secondary N) is 2. The van der Waals surface area contributed by atoms with Crippen molar-refractivity contribution in [2.24, 2.45) is 0 Å². The third-order valence-electron chi connectivity index (χ3n) is 2.79. The molecule has 0 atom stereocenters. The highest BCUT2D eigenvalue weighted by atomic mass is 16.5. The molecule has 1 aromatic rings. The first-order valence-corrected chi connectivity index (χ1v) is 7.34. The maximum absolute atomic E-state index is 11.7. The van der Waals surface area contributed by atoms with Gasteiger partial charge in [-0.05, 0) is 26.3 Å². The molecule has 0 saturated carbocycles. The van der Waals surface area contributed by atoms with E-state index in [4.69, 9.17) is 9.47 Å². The maximum Gasteiger partial charge on any atom is 0.309 e. The summed E-state index contributed by atoms with van der Waals surface area (Å²) in [4.78, 5) is 23.3. The molecular weight excluding hydrogens is 284 g/mol. The minimum absolute atomic E-state index is 0.0425. The smallest absolute Gasteiger partial charge is 0.309 e. The lowest BCUT2D eigenvalue weighted by Crippen LogP contribution is -2.40. The molecule has 22 heavy (non-hydrogen) atoms. The summed E-state index contributed by atoms with van der Waals surface area (Å²) < 4.78 is 10.5. The van der Waals surface area contributed by atoms with E-state index in [0.29, 0.717) is 25.3 Å². The monoisotopic (exact) mass is 308 g/mol. The van der Waals surface area contributed by atoms with Crippen molar-refractivity contribution in [3.63, 3.8) is 0 Å². The van der Waals surface area contributed by atoms with Gasteiger partial charge in [0.2, 0.25) is 0 Å². The molecule has 0 fully saturated rings. The van der Waals surface area contributed by atoms with Crippen molar-refractivity contribution in [1.29, 1.82) is 0 Å². The van der Waals surface area contributed by atoms with E-state index in [0.717, 1.165) is 5.56 Å². The van der Waals surface area contributed by atoms with Gasteiger partial charge in [-0.1, -0.05) is 18.2 Å². The topological polar surface area (TPSA) is 76.7 Å². The van der Waals surface area contributed by atoms with Gasteiger partial charge in [-0.3, -0.25) is 9.59 Å². The van der Waals surface area contributed by atoms with Crippen molar-refractivity contribution in [1.82, 2.24) is 10.6 Å². The van der Waals surface area contributed by atoms with E-state index in [1.165, 1.54) is 0 Å². The van der Waals surface area contributed by atoms with Gasteiger partial charge in [0.05, 0.1) is 6.10 Å². The first-order chi connectivity index (χ1) is 10.5. The normalized spacial score (nSPS) is 10.4. The number of carbonyl (C=O) groups is 2. The van der Waals surface area contributed by atoms with Crippen molar-refractivity contribution in [3.8, 4) is 5.75 Å². The van der Waals surface area contributed by atoms with Crippen molar-refractivity contribution < 1.29 is 19.1 Å².